The maximum absolute atomic E-state index is 12.6. The van der Waals surface area contributed by atoms with Gasteiger partial charge in [0.25, 0.3) is 0 Å². The van der Waals surface area contributed by atoms with Crippen LogP contribution in [0, 0.1) is 0 Å². The first-order valence-electron chi connectivity index (χ1n) is 14.0. The van der Waals surface area contributed by atoms with E-state index in [1.54, 1.807) is 11.6 Å². The van der Waals surface area contributed by atoms with E-state index in [9.17, 15) is 9.90 Å². The van der Waals surface area contributed by atoms with E-state index in [0.29, 0.717) is 64.9 Å². The van der Waals surface area contributed by atoms with Crippen molar-refractivity contribution in [1.29, 1.82) is 0 Å². The Kier molecular flexibility index (Phi) is 11.1. The monoisotopic (exact) mass is 545 g/mol. The number of carbonyl (C=O) groups excluding carboxylic acids is 1. The molecule has 0 bridgehead atoms. The maximum atomic E-state index is 12.6. The minimum Gasteiger partial charge on any atom is -0.392 e. The number of hydrogen-bond acceptors (Lipinski definition) is 12. The van der Waals surface area contributed by atoms with Crippen LogP contribution in [-0.4, -0.2) is 112 Å². The third-order valence-electron chi connectivity index (χ3n) is 6.81. The van der Waals surface area contributed by atoms with Gasteiger partial charge in [0.1, 0.15) is 17.3 Å². The van der Waals surface area contributed by atoms with Gasteiger partial charge < -0.3 is 41.3 Å². The molecule has 1 amide bonds. The van der Waals surface area contributed by atoms with E-state index in [-0.39, 0.29) is 11.9 Å². The Morgan fingerprint density at radius 2 is 2.03 bits per heavy atom. The molecule has 1 atom stereocenters. The Morgan fingerprint density at radius 3 is 2.77 bits per heavy atom. The number of anilines is 3. The molecule has 0 radical (unpaired) electrons. The van der Waals surface area contributed by atoms with Crippen LogP contribution in [0.4, 0.5) is 17.6 Å². The molecule has 216 valence electrons. The number of aromatic nitrogens is 5. The number of ether oxygens (including phenoxy) is 1. The molecule has 2 fully saturated rings. The zero-order chi connectivity index (χ0) is 27.5. The normalized spacial score (nSPS) is 17.3. The lowest BCUT2D eigenvalue weighted by Gasteiger charge is -2.33. The lowest BCUT2D eigenvalue weighted by Crippen LogP contribution is -2.43. The van der Waals surface area contributed by atoms with Crippen molar-refractivity contribution in [2.45, 2.75) is 57.8 Å². The first-order chi connectivity index (χ1) is 19.0. The van der Waals surface area contributed by atoms with Crippen molar-refractivity contribution in [3.05, 3.63) is 18.0 Å². The number of aryl methyl sites for hydroxylation is 1. The molecule has 0 aliphatic carbocycles. The number of nitrogens with one attached hydrogen (secondary N) is 3. The van der Waals surface area contributed by atoms with Crippen LogP contribution in [0.3, 0.4) is 0 Å². The fourth-order valence-electron chi connectivity index (χ4n) is 4.64. The van der Waals surface area contributed by atoms with Gasteiger partial charge >= 0.3 is 0 Å². The average molecular weight is 546 g/mol. The zero-order valence-corrected chi connectivity index (χ0v) is 22.9. The highest BCUT2D eigenvalue weighted by Crippen LogP contribution is 2.22. The number of piperidine rings is 1. The van der Waals surface area contributed by atoms with E-state index >= 15 is 0 Å². The summed E-state index contributed by atoms with van der Waals surface area (Å²) in [5.41, 5.74) is 6.40. The third kappa shape index (κ3) is 9.27. The molecule has 0 spiro atoms. The lowest BCUT2D eigenvalue weighted by atomic mass is 10.0. The highest BCUT2D eigenvalue weighted by molar-refractivity contribution is 5.76. The molecule has 2 aromatic rings. The van der Waals surface area contributed by atoms with Crippen molar-refractivity contribution >= 4 is 23.5 Å². The van der Waals surface area contributed by atoms with E-state index in [1.165, 1.54) is 0 Å². The summed E-state index contributed by atoms with van der Waals surface area (Å²) in [5.74, 6) is 2.28. The second-order valence-electron chi connectivity index (χ2n) is 10.1. The van der Waals surface area contributed by atoms with Gasteiger partial charge in [0, 0.05) is 64.3 Å². The Hall–Kier alpha value is -3.07. The summed E-state index contributed by atoms with van der Waals surface area (Å²) >= 11 is 0. The molecular weight excluding hydrogens is 502 g/mol. The van der Waals surface area contributed by atoms with Crippen LogP contribution in [0.25, 0.3) is 0 Å². The summed E-state index contributed by atoms with van der Waals surface area (Å²) in [7, 11) is 0. The van der Waals surface area contributed by atoms with E-state index in [1.807, 2.05) is 17.2 Å². The third-order valence-corrected chi connectivity index (χ3v) is 6.81. The van der Waals surface area contributed by atoms with Crippen LogP contribution < -0.4 is 26.6 Å². The van der Waals surface area contributed by atoms with Crippen molar-refractivity contribution in [1.82, 2.24) is 35.2 Å². The molecule has 0 saturated carbocycles. The van der Waals surface area contributed by atoms with Gasteiger partial charge in [0.15, 0.2) is 0 Å². The minimum absolute atomic E-state index is 0.148. The van der Waals surface area contributed by atoms with Gasteiger partial charge in [-0.1, -0.05) is 5.21 Å². The van der Waals surface area contributed by atoms with E-state index in [4.69, 9.17) is 20.4 Å². The van der Waals surface area contributed by atoms with Crippen LogP contribution in [-0.2, 0) is 22.6 Å². The van der Waals surface area contributed by atoms with Crippen LogP contribution in [0.1, 0.15) is 38.3 Å². The van der Waals surface area contributed by atoms with E-state index in [2.05, 4.69) is 31.2 Å². The number of likely N-dealkylation sites (tertiary alicyclic amines) is 1. The quantitative estimate of drug-likeness (QED) is 0.195. The molecule has 4 rings (SSSR count). The zero-order valence-electron chi connectivity index (χ0n) is 22.9. The number of nitrogens with zero attached hydrogens (tertiary/aromatic N) is 7. The molecule has 2 aliphatic rings. The molecule has 14 heteroatoms. The number of hydrogen-bond donors (Lipinski definition) is 5. The predicted molar refractivity (Wildman–Crippen MR) is 148 cm³/mol. The van der Waals surface area contributed by atoms with Gasteiger partial charge in [-0.15, -0.1) is 5.10 Å². The second-order valence-corrected chi connectivity index (χ2v) is 10.1. The number of nitrogens with two attached hydrogens (primary N) is 1. The number of carbonyl (C=O) groups is 1. The molecule has 0 aromatic carbocycles. The summed E-state index contributed by atoms with van der Waals surface area (Å²) in [6.45, 7) is 8.92. The number of morpholine rings is 1. The van der Waals surface area contributed by atoms with Crippen LogP contribution in [0.5, 0.6) is 0 Å². The van der Waals surface area contributed by atoms with Crippen molar-refractivity contribution < 1.29 is 14.6 Å². The van der Waals surface area contributed by atoms with Gasteiger partial charge in [0.05, 0.1) is 32.1 Å². The summed E-state index contributed by atoms with van der Waals surface area (Å²) < 4.78 is 7.32. The van der Waals surface area contributed by atoms with E-state index in [0.717, 1.165) is 56.2 Å². The molecule has 2 saturated heterocycles. The van der Waals surface area contributed by atoms with Crippen LogP contribution in [0.2, 0.25) is 0 Å². The van der Waals surface area contributed by atoms with Gasteiger partial charge in [-0.3, -0.25) is 9.48 Å². The first-order valence-corrected chi connectivity index (χ1v) is 14.0. The number of amides is 1. The largest absolute Gasteiger partial charge is 0.392 e. The average Bonchev–Trinajstić information content (AvgIpc) is 3.41. The van der Waals surface area contributed by atoms with E-state index < -0.39 is 6.10 Å². The summed E-state index contributed by atoms with van der Waals surface area (Å²) in [6, 6.07) is 2.20. The molecular formula is C25H43N11O3. The summed E-state index contributed by atoms with van der Waals surface area (Å²) in [4.78, 5) is 26.2. The fourth-order valence-corrected chi connectivity index (χ4v) is 4.64. The molecule has 39 heavy (non-hydrogen) atoms. The summed E-state index contributed by atoms with van der Waals surface area (Å²) in [6.07, 6.45) is 4.48. The Morgan fingerprint density at radius 1 is 1.23 bits per heavy atom. The molecule has 1 unspecified atom stereocenters. The Labute approximate surface area is 229 Å². The first kappa shape index (κ1) is 28.9. The standard InChI is InChI=1S/C25H43N11O3/c1-19(37)16-27-7-3-24(38)35-9-4-20(5-10-35)29-22-15-23(34-11-13-39-14-12-34)31-25(30-22)28-17-21-18-36(33-32-21)8-2-6-26/h15,18-20,27,37H,2-14,16-17,26H2,1H3,(H2,28,29,30,31). The highest BCUT2D eigenvalue weighted by Gasteiger charge is 2.23. The number of aliphatic hydroxyl groups excluding tert-OH is 1. The van der Waals surface area contributed by atoms with Crippen molar-refractivity contribution in [2.24, 2.45) is 5.73 Å². The molecule has 6 N–H and O–H groups in total. The van der Waals surface area contributed by atoms with Crippen LogP contribution >= 0.6 is 0 Å². The van der Waals surface area contributed by atoms with Gasteiger partial charge in [-0.05, 0) is 32.7 Å². The Balaban J connectivity index is 1.33. The van der Waals surface area contributed by atoms with Crippen molar-refractivity contribution in [3.8, 4) is 0 Å². The molecule has 4 heterocycles. The molecule has 2 aromatic heterocycles. The lowest BCUT2D eigenvalue weighted by molar-refractivity contribution is -0.132. The topological polar surface area (TPSA) is 172 Å². The predicted octanol–water partition coefficient (Wildman–Crippen LogP) is -0.371. The van der Waals surface area contributed by atoms with Crippen molar-refractivity contribution in [3.63, 3.8) is 0 Å². The highest BCUT2D eigenvalue weighted by atomic mass is 16.5. The van der Waals surface area contributed by atoms with Crippen LogP contribution in [0.15, 0.2) is 12.3 Å². The Bertz CT molecular complexity index is 1020. The SMILES string of the molecule is CC(O)CNCCC(=O)N1CCC(Nc2cc(N3CCOCC3)nc(NCc3cn(CCCN)nn3)n2)CC1. The molecule has 14 nitrogen and oxygen atoms in total. The number of aliphatic hydroxyl groups is 1. The van der Waals surface area contributed by atoms with Gasteiger partial charge in [0.2, 0.25) is 11.9 Å². The minimum atomic E-state index is -0.412. The smallest absolute Gasteiger partial charge is 0.226 e. The summed E-state index contributed by atoms with van der Waals surface area (Å²) in [5, 5.41) is 27.7. The van der Waals surface area contributed by atoms with Gasteiger partial charge in [-0.25, -0.2) is 0 Å². The second kappa shape index (κ2) is 14.9. The molecule has 2 aliphatic heterocycles. The fraction of sp³-hybridized carbons (Fsp3) is 0.720. The van der Waals surface area contributed by atoms with Gasteiger partial charge in [-0.2, -0.15) is 9.97 Å². The number of rotatable bonds is 14. The van der Waals surface area contributed by atoms with Crippen molar-refractivity contribution in [2.75, 3.05) is 74.6 Å². The maximum Gasteiger partial charge on any atom is 0.226 e.